The molecule has 4 aromatic rings. The maximum Gasteiger partial charge on any atom is 0.191 e. The minimum atomic E-state index is -0.222. The Morgan fingerprint density at radius 3 is 2.87 bits per heavy atom. The molecule has 154 valence electrons. The van der Waals surface area contributed by atoms with Crippen molar-refractivity contribution < 1.29 is 4.39 Å². The summed E-state index contributed by atoms with van der Waals surface area (Å²) in [6.07, 6.45) is 6.48. The second-order valence-electron chi connectivity index (χ2n) is 7.06. The van der Waals surface area contributed by atoms with Gasteiger partial charge in [0, 0.05) is 49.6 Å². The van der Waals surface area contributed by atoms with Crippen molar-refractivity contribution in [1.82, 2.24) is 25.2 Å². The highest BCUT2D eigenvalue weighted by Crippen LogP contribution is 2.19. The van der Waals surface area contributed by atoms with Crippen LogP contribution in [0.25, 0.3) is 10.9 Å². The third-order valence-corrected chi connectivity index (χ3v) is 5.05. The molecule has 2 aromatic heterocycles. The molecular formula is C23H25FN6. The molecule has 6 nitrogen and oxygen atoms in total. The smallest absolute Gasteiger partial charge is 0.191 e. The van der Waals surface area contributed by atoms with E-state index in [1.54, 1.807) is 19.2 Å². The summed E-state index contributed by atoms with van der Waals surface area (Å²) in [6.45, 7) is 2.03. The molecule has 7 heteroatoms. The van der Waals surface area contributed by atoms with Crippen LogP contribution in [0.3, 0.4) is 0 Å². The van der Waals surface area contributed by atoms with Crippen LogP contribution in [-0.2, 0) is 19.5 Å². The SMILES string of the molecule is CN=C(NCCc1c[nH]c2ccc(F)cc12)NCc1nccn1Cc1ccccc1. The number of fused-ring (bicyclic) bond motifs is 1. The van der Waals surface area contributed by atoms with E-state index in [-0.39, 0.29) is 5.82 Å². The van der Waals surface area contributed by atoms with Gasteiger partial charge < -0.3 is 20.2 Å². The van der Waals surface area contributed by atoms with E-state index in [2.05, 4.69) is 42.3 Å². The summed E-state index contributed by atoms with van der Waals surface area (Å²) in [4.78, 5) is 11.9. The summed E-state index contributed by atoms with van der Waals surface area (Å²) in [5.74, 6) is 1.42. The van der Waals surface area contributed by atoms with Gasteiger partial charge in [-0.3, -0.25) is 4.99 Å². The number of aliphatic imine (C=N–C) groups is 1. The van der Waals surface area contributed by atoms with Gasteiger partial charge in [-0.05, 0) is 35.7 Å². The zero-order chi connectivity index (χ0) is 20.8. The van der Waals surface area contributed by atoms with E-state index in [9.17, 15) is 4.39 Å². The first-order valence-corrected chi connectivity index (χ1v) is 9.97. The second kappa shape index (κ2) is 9.26. The molecule has 0 saturated carbocycles. The Bertz CT molecular complexity index is 1130. The molecule has 0 unspecified atom stereocenters. The highest BCUT2D eigenvalue weighted by molar-refractivity contribution is 5.83. The zero-order valence-corrected chi connectivity index (χ0v) is 16.9. The Balaban J connectivity index is 1.30. The number of rotatable bonds is 7. The number of guanidine groups is 1. The minimum Gasteiger partial charge on any atom is -0.361 e. The first-order valence-electron chi connectivity index (χ1n) is 9.97. The average molecular weight is 404 g/mol. The maximum absolute atomic E-state index is 13.5. The fraction of sp³-hybridized carbons (Fsp3) is 0.217. The molecule has 2 aromatic carbocycles. The van der Waals surface area contributed by atoms with Crippen molar-refractivity contribution in [3.63, 3.8) is 0 Å². The third-order valence-electron chi connectivity index (χ3n) is 5.05. The van der Waals surface area contributed by atoms with Gasteiger partial charge in [0.25, 0.3) is 0 Å². The number of nitrogens with zero attached hydrogens (tertiary/aromatic N) is 3. The number of imidazole rings is 1. The topological polar surface area (TPSA) is 70.0 Å². The predicted molar refractivity (Wildman–Crippen MR) is 118 cm³/mol. The van der Waals surface area contributed by atoms with Gasteiger partial charge in [0.15, 0.2) is 5.96 Å². The molecule has 0 atom stereocenters. The Morgan fingerprint density at radius 2 is 2.03 bits per heavy atom. The van der Waals surface area contributed by atoms with Crippen LogP contribution in [0.1, 0.15) is 17.0 Å². The maximum atomic E-state index is 13.5. The zero-order valence-electron chi connectivity index (χ0n) is 16.9. The van der Waals surface area contributed by atoms with Gasteiger partial charge in [0.1, 0.15) is 11.6 Å². The molecule has 3 N–H and O–H groups in total. The van der Waals surface area contributed by atoms with Gasteiger partial charge in [-0.25, -0.2) is 9.37 Å². The average Bonchev–Trinajstić information content (AvgIpc) is 3.38. The van der Waals surface area contributed by atoms with Crippen LogP contribution in [0.15, 0.2) is 72.1 Å². The number of aromatic amines is 1. The lowest BCUT2D eigenvalue weighted by Gasteiger charge is -2.13. The highest BCUT2D eigenvalue weighted by Gasteiger charge is 2.07. The molecule has 0 aliphatic rings. The summed E-state index contributed by atoms with van der Waals surface area (Å²) >= 11 is 0. The van der Waals surface area contributed by atoms with Gasteiger partial charge in [-0.15, -0.1) is 0 Å². The summed E-state index contributed by atoms with van der Waals surface area (Å²) in [7, 11) is 1.74. The van der Waals surface area contributed by atoms with E-state index in [0.717, 1.165) is 35.3 Å². The fourth-order valence-electron chi connectivity index (χ4n) is 3.49. The van der Waals surface area contributed by atoms with Crippen LogP contribution >= 0.6 is 0 Å². The molecular weight excluding hydrogens is 379 g/mol. The van der Waals surface area contributed by atoms with Crippen LogP contribution in [0.4, 0.5) is 4.39 Å². The normalized spacial score (nSPS) is 11.7. The summed E-state index contributed by atoms with van der Waals surface area (Å²) < 4.78 is 15.7. The number of nitrogens with one attached hydrogen (secondary N) is 3. The first-order chi connectivity index (χ1) is 14.7. The van der Waals surface area contributed by atoms with Crippen molar-refractivity contribution in [3.05, 3.63) is 89.9 Å². The van der Waals surface area contributed by atoms with E-state index < -0.39 is 0 Å². The van der Waals surface area contributed by atoms with Crippen molar-refractivity contribution in [2.24, 2.45) is 4.99 Å². The summed E-state index contributed by atoms with van der Waals surface area (Å²) in [5.41, 5.74) is 3.25. The molecule has 0 saturated heterocycles. The number of hydrogen-bond donors (Lipinski definition) is 3. The molecule has 2 heterocycles. The number of aromatic nitrogens is 3. The van der Waals surface area contributed by atoms with Crippen molar-refractivity contribution >= 4 is 16.9 Å². The minimum absolute atomic E-state index is 0.222. The van der Waals surface area contributed by atoms with Gasteiger partial charge in [-0.1, -0.05) is 30.3 Å². The van der Waals surface area contributed by atoms with Crippen LogP contribution in [-0.4, -0.2) is 34.1 Å². The Labute approximate surface area is 174 Å². The van der Waals surface area contributed by atoms with Crippen molar-refractivity contribution in [3.8, 4) is 0 Å². The quantitative estimate of drug-likeness (QED) is 0.326. The Hall–Kier alpha value is -3.61. The largest absolute Gasteiger partial charge is 0.361 e. The molecule has 4 rings (SSSR count). The van der Waals surface area contributed by atoms with Crippen molar-refractivity contribution in [1.29, 1.82) is 0 Å². The molecule has 0 radical (unpaired) electrons. The molecule has 0 spiro atoms. The van der Waals surface area contributed by atoms with Gasteiger partial charge in [0.2, 0.25) is 0 Å². The summed E-state index contributed by atoms with van der Waals surface area (Å²) in [5, 5.41) is 7.54. The van der Waals surface area contributed by atoms with Crippen LogP contribution in [0.5, 0.6) is 0 Å². The van der Waals surface area contributed by atoms with Crippen molar-refractivity contribution in [2.75, 3.05) is 13.6 Å². The molecule has 0 bridgehead atoms. The van der Waals surface area contributed by atoms with Crippen LogP contribution < -0.4 is 10.6 Å². The molecule has 30 heavy (non-hydrogen) atoms. The number of H-pyrrole nitrogens is 1. The monoisotopic (exact) mass is 404 g/mol. The molecule has 0 aliphatic carbocycles. The fourth-order valence-corrected chi connectivity index (χ4v) is 3.49. The molecule has 0 aliphatic heterocycles. The lowest BCUT2D eigenvalue weighted by molar-refractivity contribution is 0.629. The van der Waals surface area contributed by atoms with Gasteiger partial charge >= 0.3 is 0 Å². The lowest BCUT2D eigenvalue weighted by Crippen LogP contribution is -2.38. The van der Waals surface area contributed by atoms with Crippen LogP contribution in [0, 0.1) is 5.82 Å². The molecule has 0 amide bonds. The van der Waals surface area contributed by atoms with Crippen molar-refractivity contribution in [2.45, 2.75) is 19.5 Å². The molecule has 0 fully saturated rings. The number of benzene rings is 2. The van der Waals surface area contributed by atoms with E-state index >= 15 is 0 Å². The lowest BCUT2D eigenvalue weighted by atomic mass is 10.1. The summed E-state index contributed by atoms with van der Waals surface area (Å²) in [6, 6.07) is 15.1. The van der Waals surface area contributed by atoms with E-state index in [4.69, 9.17) is 0 Å². The van der Waals surface area contributed by atoms with E-state index in [1.165, 1.54) is 11.6 Å². The van der Waals surface area contributed by atoms with E-state index in [1.807, 2.05) is 36.8 Å². The van der Waals surface area contributed by atoms with E-state index in [0.29, 0.717) is 19.0 Å². The van der Waals surface area contributed by atoms with Crippen LogP contribution in [0.2, 0.25) is 0 Å². The Kier molecular flexibility index (Phi) is 6.08. The second-order valence-corrected chi connectivity index (χ2v) is 7.06. The first kappa shape index (κ1) is 19.7. The highest BCUT2D eigenvalue weighted by atomic mass is 19.1. The number of halogens is 1. The standard InChI is InChI=1S/C23H25FN6/c1-25-23(27-10-9-18-14-28-21-8-7-19(24)13-20(18)21)29-15-22-26-11-12-30(22)16-17-5-3-2-4-6-17/h2-8,11-14,28H,9-10,15-16H2,1H3,(H2,25,27,29). The predicted octanol–water partition coefficient (Wildman–Crippen LogP) is 3.46. The van der Waals surface area contributed by atoms with Gasteiger partial charge in [0.05, 0.1) is 6.54 Å². The number of hydrogen-bond acceptors (Lipinski definition) is 2. The third kappa shape index (κ3) is 4.68. The van der Waals surface area contributed by atoms with Gasteiger partial charge in [-0.2, -0.15) is 0 Å². The Morgan fingerprint density at radius 1 is 1.17 bits per heavy atom.